The number of carboxylic acid groups (broad SMARTS) is 1. The van der Waals surface area contributed by atoms with Crippen molar-refractivity contribution < 1.29 is 14.7 Å². The van der Waals surface area contributed by atoms with Crippen LogP contribution in [0.1, 0.15) is 49.8 Å². The second-order valence-corrected chi connectivity index (χ2v) is 7.16. The lowest BCUT2D eigenvalue weighted by atomic mass is 10.2. The zero-order chi connectivity index (χ0) is 19.4. The number of aromatic carboxylic acids is 1. The molecule has 0 saturated heterocycles. The van der Waals surface area contributed by atoms with Crippen LogP contribution in [-0.2, 0) is 13.0 Å². The molecule has 0 atom stereocenters. The summed E-state index contributed by atoms with van der Waals surface area (Å²) in [6, 6.07) is 8.87. The minimum Gasteiger partial charge on any atom is -0.476 e. The average Bonchev–Trinajstić information content (AvgIpc) is 3.27. The van der Waals surface area contributed by atoms with Crippen LogP contribution < -0.4 is 5.32 Å². The number of aryl methyl sites for hydroxylation is 2. The molecule has 3 rings (SSSR count). The second kappa shape index (κ2) is 8.13. The van der Waals surface area contributed by atoms with Crippen molar-refractivity contribution in [3.05, 3.63) is 63.4 Å². The Balaban J connectivity index is 1.69. The number of hydrogen-bond acceptors (Lipinski definition) is 5. The predicted octanol–water partition coefficient (Wildman–Crippen LogP) is 3.22. The van der Waals surface area contributed by atoms with Crippen LogP contribution in [0.25, 0.3) is 5.69 Å². The first-order valence-electron chi connectivity index (χ1n) is 8.60. The minimum atomic E-state index is -1.07. The van der Waals surface area contributed by atoms with Crippen molar-refractivity contribution in [2.75, 3.05) is 0 Å². The van der Waals surface area contributed by atoms with E-state index >= 15 is 0 Å². The van der Waals surface area contributed by atoms with Crippen molar-refractivity contribution in [1.29, 1.82) is 0 Å². The third-order valence-corrected chi connectivity index (χ3v) is 5.16. The number of benzene rings is 1. The summed E-state index contributed by atoms with van der Waals surface area (Å²) in [6.07, 6.45) is 3.47. The molecule has 0 aliphatic heterocycles. The standard InChI is InChI=1S/C19H20N4O3S/c1-3-5-16-21-12(2)17(27-16)18(24)20-11-13-6-4-7-14(10-13)23-9-8-15(22-23)19(25)26/h4,6-10H,3,5,11H2,1-2H3,(H,20,24)(H,25,26). The van der Waals surface area contributed by atoms with E-state index in [4.69, 9.17) is 5.11 Å². The Labute approximate surface area is 160 Å². The number of hydrogen-bond donors (Lipinski definition) is 2. The highest BCUT2D eigenvalue weighted by atomic mass is 32.1. The van der Waals surface area contributed by atoms with Gasteiger partial charge in [0.15, 0.2) is 5.69 Å². The Morgan fingerprint density at radius 1 is 1.30 bits per heavy atom. The van der Waals surface area contributed by atoms with Crippen LogP contribution in [0.2, 0.25) is 0 Å². The fraction of sp³-hybridized carbons (Fsp3) is 0.263. The highest BCUT2D eigenvalue weighted by Gasteiger charge is 2.15. The number of nitrogens with one attached hydrogen (secondary N) is 1. The Hall–Kier alpha value is -3.00. The third-order valence-electron chi connectivity index (χ3n) is 3.95. The van der Waals surface area contributed by atoms with Crippen molar-refractivity contribution in [2.24, 2.45) is 0 Å². The van der Waals surface area contributed by atoms with Gasteiger partial charge in [-0.2, -0.15) is 5.10 Å². The van der Waals surface area contributed by atoms with Gasteiger partial charge in [-0.15, -0.1) is 11.3 Å². The summed E-state index contributed by atoms with van der Waals surface area (Å²) in [5, 5.41) is 16.9. The van der Waals surface area contributed by atoms with Crippen molar-refractivity contribution in [3.63, 3.8) is 0 Å². The molecule has 0 unspecified atom stereocenters. The first-order valence-corrected chi connectivity index (χ1v) is 9.42. The molecule has 1 amide bonds. The van der Waals surface area contributed by atoms with Gasteiger partial charge in [0.05, 0.1) is 16.4 Å². The molecule has 27 heavy (non-hydrogen) atoms. The Morgan fingerprint density at radius 2 is 2.11 bits per heavy atom. The normalized spacial score (nSPS) is 10.7. The van der Waals surface area contributed by atoms with Gasteiger partial charge in [0.25, 0.3) is 5.91 Å². The van der Waals surface area contributed by atoms with E-state index in [9.17, 15) is 9.59 Å². The number of aromatic nitrogens is 3. The minimum absolute atomic E-state index is 0.0164. The summed E-state index contributed by atoms with van der Waals surface area (Å²) in [6.45, 7) is 4.30. The largest absolute Gasteiger partial charge is 0.476 e. The lowest BCUT2D eigenvalue weighted by molar-refractivity contribution is 0.0689. The fourth-order valence-electron chi connectivity index (χ4n) is 2.64. The molecule has 8 heteroatoms. The van der Waals surface area contributed by atoms with E-state index in [1.807, 2.05) is 31.2 Å². The smallest absolute Gasteiger partial charge is 0.356 e. The van der Waals surface area contributed by atoms with Gasteiger partial charge in [-0.3, -0.25) is 4.79 Å². The van der Waals surface area contributed by atoms with E-state index in [1.54, 1.807) is 6.20 Å². The molecule has 7 nitrogen and oxygen atoms in total. The molecule has 0 fully saturated rings. The zero-order valence-corrected chi connectivity index (χ0v) is 15.9. The van der Waals surface area contributed by atoms with E-state index in [1.165, 1.54) is 22.1 Å². The molecule has 2 N–H and O–H groups in total. The highest BCUT2D eigenvalue weighted by Crippen LogP contribution is 2.19. The van der Waals surface area contributed by atoms with Gasteiger partial charge in [-0.05, 0) is 43.5 Å². The van der Waals surface area contributed by atoms with Gasteiger partial charge in [-0.25, -0.2) is 14.5 Å². The summed E-state index contributed by atoms with van der Waals surface area (Å²) in [5.74, 6) is -1.20. The van der Waals surface area contributed by atoms with Crippen LogP contribution in [0, 0.1) is 6.92 Å². The monoisotopic (exact) mass is 384 g/mol. The molecule has 3 aromatic rings. The first-order chi connectivity index (χ1) is 13.0. The maximum Gasteiger partial charge on any atom is 0.356 e. The van der Waals surface area contributed by atoms with E-state index in [2.05, 4.69) is 22.3 Å². The number of nitrogens with zero attached hydrogens (tertiary/aromatic N) is 3. The van der Waals surface area contributed by atoms with Gasteiger partial charge in [0.1, 0.15) is 4.88 Å². The van der Waals surface area contributed by atoms with E-state index < -0.39 is 5.97 Å². The molecular formula is C19H20N4O3S. The number of amides is 1. The second-order valence-electron chi connectivity index (χ2n) is 6.08. The lowest BCUT2D eigenvalue weighted by Crippen LogP contribution is -2.22. The van der Waals surface area contributed by atoms with Crippen LogP contribution in [0.5, 0.6) is 0 Å². The molecule has 0 aliphatic rings. The molecule has 0 bridgehead atoms. The predicted molar refractivity (Wildman–Crippen MR) is 103 cm³/mol. The van der Waals surface area contributed by atoms with Crippen LogP contribution >= 0.6 is 11.3 Å². The molecule has 2 aromatic heterocycles. The SMILES string of the molecule is CCCc1nc(C)c(C(=O)NCc2cccc(-n3ccc(C(=O)O)n3)c2)s1. The number of carboxylic acids is 1. The number of carbonyl (C=O) groups is 2. The van der Waals surface area contributed by atoms with Gasteiger partial charge in [0.2, 0.25) is 0 Å². The van der Waals surface area contributed by atoms with Crippen LogP contribution in [0.3, 0.4) is 0 Å². The van der Waals surface area contributed by atoms with Crippen molar-refractivity contribution >= 4 is 23.2 Å². The molecule has 2 heterocycles. The van der Waals surface area contributed by atoms with Crippen molar-refractivity contribution in [3.8, 4) is 5.69 Å². The van der Waals surface area contributed by atoms with Gasteiger partial charge in [0, 0.05) is 12.7 Å². The lowest BCUT2D eigenvalue weighted by Gasteiger charge is -2.07. The van der Waals surface area contributed by atoms with Gasteiger partial charge < -0.3 is 10.4 Å². The van der Waals surface area contributed by atoms with E-state index in [0.29, 0.717) is 11.4 Å². The molecule has 140 valence electrons. The highest BCUT2D eigenvalue weighted by molar-refractivity contribution is 7.13. The van der Waals surface area contributed by atoms with E-state index in [0.717, 1.165) is 34.8 Å². The number of carbonyl (C=O) groups excluding carboxylic acids is 1. The quantitative estimate of drug-likeness (QED) is 0.652. The maximum absolute atomic E-state index is 12.5. The Kier molecular flexibility index (Phi) is 5.66. The first kappa shape index (κ1) is 18.8. The molecule has 0 saturated carbocycles. The van der Waals surface area contributed by atoms with Gasteiger partial charge in [-0.1, -0.05) is 19.1 Å². The summed E-state index contributed by atoms with van der Waals surface area (Å²) < 4.78 is 1.50. The van der Waals surface area contributed by atoms with Crippen LogP contribution in [0.15, 0.2) is 36.5 Å². The topological polar surface area (TPSA) is 97.1 Å². The Bertz CT molecular complexity index is 977. The molecule has 1 aromatic carbocycles. The fourth-order valence-corrected chi connectivity index (χ4v) is 3.72. The number of thiazole rings is 1. The summed E-state index contributed by atoms with van der Waals surface area (Å²) >= 11 is 1.44. The maximum atomic E-state index is 12.5. The molecule has 0 spiro atoms. The van der Waals surface area contributed by atoms with Crippen LogP contribution in [-0.4, -0.2) is 31.7 Å². The summed E-state index contributed by atoms with van der Waals surface area (Å²) in [4.78, 5) is 28.5. The van der Waals surface area contributed by atoms with Crippen LogP contribution in [0.4, 0.5) is 0 Å². The van der Waals surface area contributed by atoms with Gasteiger partial charge >= 0.3 is 5.97 Å². The van der Waals surface area contributed by atoms with E-state index in [-0.39, 0.29) is 11.6 Å². The molecule has 0 aliphatic carbocycles. The molecule has 0 radical (unpaired) electrons. The van der Waals surface area contributed by atoms with Crippen molar-refractivity contribution in [1.82, 2.24) is 20.1 Å². The Morgan fingerprint density at radius 3 is 2.81 bits per heavy atom. The summed E-state index contributed by atoms with van der Waals surface area (Å²) in [5.41, 5.74) is 2.36. The average molecular weight is 384 g/mol. The summed E-state index contributed by atoms with van der Waals surface area (Å²) in [7, 11) is 0. The number of rotatable bonds is 7. The zero-order valence-electron chi connectivity index (χ0n) is 15.1. The third kappa shape index (κ3) is 4.40. The molecular weight excluding hydrogens is 364 g/mol. The van der Waals surface area contributed by atoms with Crippen molar-refractivity contribution in [2.45, 2.75) is 33.2 Å².